The van der Waals surface area contributed by atoms with Gasteiger partial charge in [-0.1, -0.05) is 12.1 Å². The SMILES string of the molecule is CCOc1ccc(C(C)(O)c2cccnc2)cc1OCC. The van der Waals surface area contributed by atoms with Gasteiger partial charge in [-0.2, -0.15) is 0 Å². The van der Waals surface area contributed by atoms with Crippen LogP contribution in [0, 0.1) is 0 Å². The Hall–Kier alpha value is -2.07. The minimum Gasteiger partial charge on any atom is -0.490 e. The fourth-order valence-electron chi connectivity index (χ4n) is 2.17. The highest BCUT2D eigenvalue weighted by Crippen LogP contribution is 2.35. The number of hydrogen-bond donors (Lipinski definition) is 1. The predicted molar refractivity (Wildman–Crippen MR) is 81.7 cm³/mol. The van der Waals surface area contributed by atoms with Crippen LogP contribution in [0.4, 0.5) is 0 Å². The molecule has 1 atom stereocenters. The Morgan fingerprint density at radius 2 is 1.76 bits per heavy atom. The summed E-state index contributed by atoms with van der Waals surface area (Å²) in [6, 6.07) is 9.16. The number of rotatable bonds is 6. The minimum absolute atomic E-state index is 0.540. The van der Waals surface area contributed by atoms with Crippen LogP contribution < -0.4 is 9.47 Å². The average molecular weight is 287 g/mol. The lowest BCUT2D eigenvalue weighted by atomic mass is 9.89. The molecule has 1 unspecified atom stereocenters. The molecule has 4 nitrogen and oxygen atoms in total. The highest BCUT2D eigenvalue weighted by molar-refractivity contribution is 5.47. The number of benzene rings is 1. The van der Waals surface area contributed by atoms with Crippen LogP contribution in [0.15, 0.2) is 42.7 Å². The summed E-state index contributed by atoms with van der Waals surface area (Å²) in [6.45, 7) is 6.70. The van der Waals surface area contributed by atoms with Crippen molar-refractivity contribution in [3.8, 4) is 11.5 Å². The first-order valence-corrected chi connectivity index (χ1v) is 7.12. The highest BCUT2D eigenvalue weighted by atomic mass is 16.5. The van der Waals surface area contributed by atoms with Gasteiger partial charge >= 0.3 is 0 Å². The van der Waals surface area contributed by atoms with Gasteiger partial charge in [0, 0.05) is 18.0 Å². The van der Waals surface area contributed by atoms with Gasteiger partial charge in [0.1, 0.15) is 5.60 Å². The molecule has 1 aromatic heterocycles. The van der Waals surface area contributed by atoms with E-state index in [1.807, 2.05) is 44.2 Å². The summed E-state index contributed by atoms with van der Waals surface area (Å²) >= 11 is 0. The Morgan fingerprint density at radius 1 is 1.05 bits per heavy atom. The zero-order valence-corrected chi connectivity index (χ0v) is 12.7. The third kappa shape index (κ3) is 3.34. The molecule has 112 valence electrons. The molecule has 0 spiro atoms. The zero-order valence-electron chi connectivity index (χ0n) is 12.7. The third-order valence-corrected chi connectivity index (χ3v) is 3.33. The second-order valence-corrected chi connectivity index (χ2v) is 4.84. The summed E-state index contributed by atoms with van der Waals surface area (Å²) in [5.74, 6) is 1.33. The van der Waals surface area contributed by atoms with Crippen molar-refractivity contribution in [1.82, 2.24) is 4.98 Å². The lowest BCUT2D eigenvalue weighted by molar-refractivity contribution is 0.101. The second kappa shape index (κ2) is 6.59. The number of ether oxygens (including phenoxy) is 2. The fraction of sp³-hybridized carbons (Fsp3) is 0.353. The molecule has 0 fully saturated rings. The van der Waals surface area contributed by atoms with E-state index in [0.717, 1.165) is 11.1 Å². The summed E-state index contributed by atoms with van der Waals surface area (Å²) in [7, 11) is 0. The maximum absolute atomic E-state index is 10.8. The van der Waals surface area contributed by atoms with Crippen molar-refractivity contribution in [1.29, 1.82) is 0 Å². The Labute approximate surface area is 125 Å². The van der Waals surface area contributed by atoms with Crippen molar-refractivity contribution in [2.45, 2.75) is 26.4 Å². The van der Waals surface area contributed by atoms with Gasteiger partial charge in [0.2, 0.25) is 0 Å². The molecule has 0 amide bonds. The van der Waals surface area contributed by atoms with Gasteiger partial charge in [-0.05, 0) is 44.5 Å². The smallest absolute Gasteiger partial charge is 0.161 e. The standard InChI is InChI=1S/C17H21NO3/c1-4-20-15-9-8-13(11-16(15)21-5-2)17(3,19)14-7-6-10-18-12-14/h6-12,19H,4-5H2,1-3H3. The quantitative estimate of drug-likeness (QED) is 0.887. The van der Waals surface area contributed by atoms with E-state index in [2.05, 4.69) is 4.98 Å². The van der Waals surface area contributed by atoms with E-state index >= 15 is 0 Å². The Balaban J connectivity index is 2.41. The highest BCUT2D eigenvalue weighted by Gasteiger charge is 2.27. The first-order chi connectivity index (χ1) is 10.1. The average Bonchev–Trinajstić information content (AvgIpc) is 2.50. The molecule has 1 heterocycles. The molecule has 0 aliphatic rings. The second-order valence-electron chi connectivity index (χ2n) is 4.84. The van der Waals surface area contributed by atoms with Crippen molar-refractivity contribution in [3.05, 3.63) is 53.9 Å². The predicted octanol–water partition coefficient (Wildman–Crippen LogP) is 3.13. The van der Waals surface area contributed by atoms with E-state index < -0.39 is 5.60 Å². The van der Waals surface area contributed by atoms with E-state index in [9.17, 15) is 5.11 Å². The van der Waals surface area contributed by atoms with Gasteiger partial charge in [0.25, 0.3) is 0 Å². The van der Waals surface area contributed by atoms with Gasteiger partial charge in [0.15, 0.2) is 11.5 Å². The van der Waals surface area contributed by atoms with Crippen molar-refractivity contribution in [2.75, 3.05) is 13.2 Å². The lowest BCUT2D eigenvalue weighted by Crippen LogP contribution is -2.23. The Bertz CT molecular complexity index is 582. The van der Waals surface area contributed by atoms with Crippen LogP contribution in [0.1, 0.15) is 31.9 Å². The zero-order chi connectivity index (χ0) is 15.3. The van der Waals surface area contributed by atoms with Crippen molar-refractivity contribution in [2.24, 2.45) is 0 Å². The molecular formula is C17H21NO3. The molecule has 1 aromatic carbocycles. The van der Waals surface area contributed by atoms with E-state index in [0.29, 0.717) is 24.7 Å². The molecule has 0 saturated carbocycles. The van der Waals surface area contributed by atoms with Crippen LogP contribution in [0.5, 0.6) is 11.5 Å². The topological polar surface area (TPSA) is 51.6 Å². The molecule has 2 rings (SSSR count). The van der Waals surface area contributed by atoms with Crippen LogP contribution in [-0.4, -0.2) is 23.3 Å². The monoisotopic (exact) mass is 287 g/mol. The molecule has 0 bridgehead atoms. The molecule has 4 heteroatoms. The van der Waals surface area contributed by atoms with Crippen LogP contribution in [0.2, 0.25) is 0 Å². The van der Waals surface area contributed by atoms with Crippen LogP contribution in [0.3, 0.4) is 0 Å². The van der Waals surface area contributed by atoms with Gasteiger partial charge in [-0.25, -0.2) is 0 Å². The van der Waals surface area contributed by atoms with E-state index in [1.54, 1.807) is 19.3 Å². The summed E-state index contributed by atoms with van der Waals surface area (Å²) in [4.78, 5) is 4.07. The number of hydrogen-bond acceptors (Lipinski definition) is 4. The first-order valence-electron chi connectivity index (χ1n) is 7.12. The normalized spacial score (nSPS) is 13.5. The number of nitrogens with zero attached hydrogens (tertiary/aromatic N) is 1. The fourth-order valence-corrected chi connectivity index (χ4v) is 2.17. The van der Waals surface area contributed by atoms with Gasteiger partial charge in [-0.3, -0.25) is 4.98 Å². The Kier molecular flexibility index (Phi) is 4.81. The summed E-state index contributed by atoms with van der Waals surface area (Å²) in [5, 5.41) is 10.8. The van der Waals surface area contributed by atoms with Crippen LogP contribution >= 0.6 is 0 Å². The van der Waals surface area contributed by atoms with E-state index in [1.165, 1.54) is 0 Å². The Morgan fingerprint density at radius 3 is 2.38 bits per heavy atom. The van der Waals surface area contributed by atoms with Crippen molar-refractivity contribution < 1.29 is 14.6 Å². The summed E-state index contributed by atoms with van der Waals surface area (Å²) < 4.78 is 11.2. The molecule has 2 aromatic rings. The molecule has 0 saturated heterocycles. The molecular weight excluding hydrogens is 266 g/mol. The number of pyridine rings is 1. The largest absolute Gasteiger partial charge is 0.490 e. The molecule has 0 aliphatic heterocycles. The van der Waals surface area contributed by atoms with Gasteiger partial charge in [-0.15, -0.1) is 0 Å². The molecule has 0 radical (unpaired) electrons. The number of aromatic nitrogens is 1. The molecule has 0 aliphatic carbocycles. The minimum atomic E-state index is -1.13. The lowest BCUT2D eigenvalue weighted by Gasteiger charge is -2.25. The van der Waals surface area contributed by atoms with Crippen molar-refractivity contribution >= 4 is 0 Å². The molecule has 21 heavy (non-hydrogen) atoms. The maximum Gasteiger partial charge on any atom is 0.161 e. The van der Waals surface area contributed by atoms with Gasteiger partial charge in [0.05, 0.1) is 13.2 Å². The third-order valence-electron chi connectivity index (χ3n) is 3.33. The summed E-state index contributed by atoms with van der Waals surface area (Å²) in [5.41, 5.74) is 0.337. The maximum atomic E-state index is 10.8. The van der Waals surface area contributed by atoms with Crippen LogP contribution in [-0.2, 0) is 5.60 Å². The van der Waals surface area contributed by atoms with E-state index in [4.69, 9.17) is 9.47 Å². The number of aliphatic hydroxyl groups is 1. The first kappa shape index (κ1) is 15.3. The van der Waals surface area contributed by atoms with Crippen LogP contribution in [0.25, 0.3) is 0 Å². The molecule has 1 N–H and O–H groups in total. The van der Waals surface area contributed by atoms with Crippen molar-refractivity contribution in [3.63, 3.8) is 0 Å². The van der Waals surface area contributed by atoms with Gasteiger partial charge < -0.3 is 14.6 Å². The summed E-state index contributed by atoms with van der Waals surface area (Å²) in [6.07, 6.45) is 3.35. The van der Waals surface area contributed by atoms with E-state index in [-0.39, 0.29) is 0 Å².